The van der Waals surface area contributed by atoms with Crippen molar-refractivity contribution in [3.8, 4) is 0 Å². The third-order valence-corrected chi connectivity index (χ3v) is 3.11. The number of amides is 1. The zero-order valence-electron chi connectivity index (χ0n) is 8.54. The number of hydrogen-bond donors (Lipinski definition) is 2. The van der Waals surface area contributed by atoms with Gasteiger partial charge in [0.1, 0.15) is 6.04 Å². The van der Waals surface area contributed by atoms with E-state index in [2.05, 4.69) is 21.2 Å². The molecule has 5 heteroatoms. The number of anilines is 2. The molecule has 0 bridgehead atoms. The third kappa shape index (κ3) is 1.61. The van der Waals surface area contributed by atoms with E-state index in [0.717, 1.165) is 21.4 Å². The number of fused-ring (bicyclic) bond motifs is 1. The van der Waals surface area contributed by atoms with E-state index in [4.69, 9.17) is 5.73 Å². The molecule has 1 aliphatic rings. The molecule has 0 spiro atoms. The van der Waals surface area contributed by atoms with Gasteiger partial charge in [0.05, 0.1) is 5.69 Å². The number of benzene rings is 1. The molecule has 0 aliphatic carbocycles. The van der Waals surface area contributed by atoms with Crippen LogP contribution in [0.25, 0.3) is 0 Å². The molecular formula is C10H12BrN3O. The molecule has 0 saturated carbocycles. The molecule has 1 aliphatic heterocycles. The molecule has 1 amide bonds. The molecule has 1 heterocycles. The first kappa shape index (κ1) is 10.4. The monoisotopic (exact) mass is 269 g/mol. The number of halogens is 1. The topological polar surface area (TPSA) is 58.4 Å². The molecule has 1 unspecified atom stereocenters. The van der Waals surface area contributed by atoms with Gasteiger partial charge in [-0.2, -0.15) is 0 Å². The maximum atomic E-state index is 11.4. The van der Waals surface area contributed by atoms with Crippen LogP contribution in [-0.2, 0) is 4.79 Å². The smallest absolute Gasteiger partial charge is 0.245 e. The minimum atomic E-state index is -0.549. The first-order valence-electron chi connectivity index (χ1n) is 4.58. The van der Waals surface area contributed by atoms with Gasteiger partial charge in [-0.05, 0) is 28.1 Å². The van der Waals surface area contributed by atoms with Gasteiger partial charge in [-0.15, -0.1) is 0 Å². The van der Waals surface area contributed by atoms with Crippen LogP contribution in [0, 0.1) is 0 Å². The highest BCUT2D eigenvalue weighted by molar-refractivity contribution is 9.10. The van der Waals surface area contributed by atoms with Crippen LogP contribution in [0.3, 0.4) is 0 Å². The lowest BCUT2D eigenvalue weighted by molar-refractivity contribution is -0.116. The van der Waals surface area contributed by atoms with Crippen LogP contribution in [-0.4, -0.2) is 20.0 Å². The van der Waals surface area contributed by atoms with E-state index >= 15 is 0 Å². The highest BCUT2D eigenvalue weighted by Crippen LogP contribution is 2.37. The van der Waals surface area contributed by atoms with Crippen molar-refractivity contribution in [2.75, 3.05) is 24.3 Å². The highest BCUT2D eigenvalue weighted by atomic mass is 79.9. The van der Waals surface area contributed by atoms with Gasteiger partial charge < -0.3 is 16.0 Å². The number of nitrogens with one attached hydrogen (secondary N) is 1. The Balaban J connectivity index is 2.54. The van der Waals surface area contributed by atoms with Gasteiger partial charge in [-0.3, -0.25) is 4.79 Å². The van der Waals surface area contributed by atoms with Crippen LogP contribution in [0.2, 0.25) is 0 Å². The fourth-order valence-corrected chi connectivity index (χ4v) is 2.35. The van der Waals surface area contributed by atoms with Crippen molar-refractivity contribution in [3.63, 3.8) is 0 Å². The lowest BCUT2D eigenvalue weighted by Crippen LogP contribution is -2.19. The number of nitrogens with two attached hydrogens (primary N) is 1. The van der Waals surface area contributed by atoms with Gasteiger partial charge in [0.2, 0.25) is 5.91 Å². The molecule has 0 saturated heterocycles. The number of carbonyl (C=O) groups excluding carboxylic acids is 1. The summed E-state index contributed by atoms with van der Waals surface area (Å²) in [4.78, 5) is 13.3. The molecule has 1 aromatic carbocycles. The Labute approximate surface area is 96.6 Å². The number of carbonyl (C=O) groups is 1. The first-order valence-corrected chi connectivity index (χ1v) is 5.37. The second-order valence-electron chi connectivity index (χ2n) is 3.75. The van der Waals surface area contributed by atoms with Crippen LogP contribution >= 0.6 is 15.9 Å². The lowest BCUT2D eigenvalue weighted by atomic mass is 10.1. The average Bonchev–Trinajstić information content (AvgIpc) is 2.43. The normalized spacial score (nSPS) is 18.7. The van der Waals surface area contributed by atoms with Crippen molar-refractivity contribution >= 4 is 33.2 Å². The molecule has 3 N–H and O–H groups in total. The quantitative estimate of drug-likeness (QED) is 0.812. The van der Waals surface area contributed by atoms with Crippen molar-refractivity contribution in [2.45, 2.75) is 6.04 Å². The zero-order valence-corrected chi connectivity index (χ0v) is 10.1. The molecule has 1 atom stereocenters. The molecular weight excluding hydrogens is 258 g/mol. The van der Waals surface area contributed by atoms with Gasteiger partial charge in [0, 0.05) is 29.8 Å². The minimum absolute atomic E-state index is 0.146. The highest BCUT2D eigenvalue weighted by Gasteiger charge is 2.28. The Kier molecular flexibility index (Phi) is 2.44. The number of nitrogens with zero attached hydrogens (tertiary/aromatic N) is 1. The van der Waals surface area contributed by atoms with Gasteiger partial charge in [-0.1, -0.05) is 0 Å². The van der Waals surface area contributed by atoms with Gasteiger partial charge in [0.25, 0.3) is 0 Å². The Morgan fingerprint density at radius 1 is 1.47 bits per heavy atom. The Morgan fingerprint density at radius 3 is 2.73 bits per heavy atom. The second-order valence-corrected chi connectivity index (χ2v) is 4.61. The summed E-state index contributed by atoms with van der Waals surface area (Å²) in [5, 5.41) is 2.76. The van der Waals surface area contributed by atoms with Crippen molar-refractivity contribution < 1.29 is 4.79 Å². The van der Waals surface area contributed by atoms with Crippen molar-refractivity contribution in [2.24, 2.45) is 5.73 Å². The van der Waals surface area contributed by atoms with Crippen LogP contribution in [0.4, 0.5) is 11.4 Å². The van der Waals surface area contributed by atoms with Crippen LogP contribution in [0.5, 0.6) is 0 Å². The van der Waals surface area contributed by atoms with Crippen molar-refractivity contribution in [1.82, 2.24) is 0 Å². The summed E-state index contributed by atoms with van der Waals surface area (Å²) in [6, 6.07) is 3.27. The summed E-state index contributed by atoms with van der Waals surface area (Å²) < 4.78 is 0.943. The van der Waals surface area contributed by atoms with E-state index in [0.29, 0.717) is 0 Å². The molecule has 0 fully saturated rings. The van der Waals surface area contributed by atoms with Crippen molar-refractivity contribution in [1.29, 1.82) is 0 Å². The predicted molar refractivity (Wildman–Crippen MR) is 64.0 cm³/mol. The van der Waals surface area contributed by atoms with Crippen LogP contribution < -0.4 is 16.0 Å². The summed E-state index contributed by atoms with van der Waals surface area (Å²) in [7, 11) is 3.90. The van der Waals surface area contributed by atoms with Gasteiger partial charge >= 0.3 is 0 Å². The Hall–Kier alpha value is -1.07. The van der Waals surface area contributed by atoms with Crippen LogP contribution in [0.15, 0.2) is 16.6 Å². The zero-order chi connectivity index (χ0) is 11.2. The molecule has 0 aromatic heterocycles. The molecule has 80 valence electrons. The Morgan fingerprint density at radius 2 is 2.13 bits per heavy atom. The van der Waals surface area contributed by atoms with Crippen molar-refractivity contribution in [3.05, 3.63) is 22.2 Å². The number of hydrogen-bond acceptors (Lipinski definition) is 3. The summed E-state index contributed by atoms with van der Waals surface area (Å²) in [6.45, 7) is 0. The fourth-order valence-electron chi connectivity index (χ4n) is 1.64. The van der Waals surface area contributed by atoms with Crippen LogP contribution in [0.1, 0.15) is 11.6 Å². The molecule has 15 heavy (non-hydrogen) atoms. The van der Waals surface area contributed by atoms with Gasteiger partial charge in [-0.25, -0.2) is 0 Å². The standard InChI is InChI=1S/C10H12BrN3O/c1-14(2)8-4-7-5(3-6(8)11)9(12)10(15)13-7/h3-4,9H,12H2,1-2H3,(H,13,15). The van der Waals surface area contributed by atoms with E-state index in [-0.39, 0.29) is 5.91 Å². The minimum Gasteiger partial charge on any atom is -0.377 e. The first-order chi connectivity index (χ1) is 7.00. The molecule has 0 radical (unpaired) electrons. The van der Waals surface area contributed by atoms with E-state index in [1.165, 1.54) is 0 Å². The third-order valence-electron chi connectivity index (χ3n) is 2.48. The predicted octanol–water partition coefficient (Wildman–Crippen LogP) is 1.47. The largest absolute Gasteiger partial charge is 0.377 e. The maximum absolute atomic E-state index is 11.4. The second kappa shape index (κ2) is 3.50. The van der Waals surface area contributed by atoms with E-state index in [9.17, 15) is 4.79 Å². The van der Waals surface area contributed by atoms with E-state index in [1.54, 1.807) is 0 Å². The number of rotatable bonds is 1. The maximum Gasteiger partial charge on any atom is 0.245 e. The molecule has 4 nitrogen and oxygen atoms in total. The summed E-state index contributed by atoms with van der Waals surface area (Å²) in [5.41, 5.74) is 8.41. The molecule has 1 aromatic rings. The molecule has 2 rings (SSSR count). The lowest BCUT2D eigenvalue weighted by Gasteiger charge is -2.16. The summed E-state index contributed by atoms with van der Waals surface area (Å²) in [5.74, 6) is -0.146. The fraction of sp³-hybridized carbons (Fsp3) is 0.300. The van der Waals surface area contributed by atoms with Gasteiger partial charge in [0.15, 0.2) is 0 Å². The average molecular weight is 270 g/mol. The Bertz CT molecular complexity index is 431. The summed E-state index contributed by atoms with van der Waals surface area (Å²) >= 11 is 3.46. The van der Waals surface area contributed by atoms with E-state index < -0.39 is 6.04 Å². The van der Waals surface area contributed by atoms with E-state index in [1.807, 2.05) is 31.1 Å². The SMILES string of the molecule is CN(C)c1cc2c(cc1Br)C(N)C(=O)N2. The summed E-state index contributed by atoms with van der Waals surface area (Å²) in [6.07, 6.45) is 0.